The van der Waals surface area contributed by atoms with Crippen molar-refractivity contribution >= 4 is 0 Å². The molecule has 0 heterocycles. The van der Waals surface area contributed by atoms with Crippen molar-refractivity contribution in [2.75, 3.05) is 7.11 Å². The standard InChI is InChI=1S/C16H25NO2/c1-18-16-9-8-13(10-14(16)11-17)12-19-15-6-4-2-3-5-7-15/h8-10,15H,2-7,11-12,17H2,1H3. The lowest BCUT2D eigenvalue weighted by Crippen LogP contribution is -2.11. The van der Waals surface area contributed by atoms with Gasteiger partial charge in [0.2, 0.25) is 0 Å². The molecule has 2 rings (SSSR count). The van der Waals surface area contributed by atoms with E-state index in [1.807, 2.05) is 6.07 Å². The van der Waals surface area contributed by atoms with E-state index in [4.69, 9.17) is 15.2 Å². The Labute approximate surface area is 116 Å². The number of hydrogen-bond donors (Lipinski definition) is 1. The maximum Gasteiger partial charge on any atom is 0.123 e. The Morgan fingerprint density at radius 2 is 1.89 bits per heavy atom. The third-order valence-electron chi connectivity index (χ3n) is 3.85. The van der Waals surface area contributed by atoms with Gasteiger partial charge in [-0.05, 0) is 30.5 Å². The molecule has 1 aromatic rings. The molecule has 0 unspecified atom stereocenters. The van der Waals surface area contributed by atoms with Crippen LogP contribution in [0, 0.1) is 0 Å². The molecule has 1 fully saturated rings. The second-order valence-corrected chi connectivity index (χ2v) is 5.27. The van der Waals surface area contributed by atoms with Gasteiger partial charge >= 0.3 is 0 Å². The van der Waals surface area contributed by atoms with Crippen LogP contribution < -0.4 is 10.5 Å². The van der Waals surface area contributed by atoms with Crippen LogP contribution >= 0.6 is 0 Å². The summed E-state index contributed by atoms with van der Waals surface area (Å²) in [5.74, 6) is 0.862. The maximum absolute atomic E-state index is 6.04. The van der Waals surface area contributed by atoms with Crippen LogP contribution in [0.4, 0.5) is 0 Å². The normalized spacial score (nSPS) is 17.2. The summed E-state index contributed by atoms with van der Waals surface area (Å²) in [6.45, 7) is 1.18. The lowest BCUT2D eigenvalue weighted by Gasteiger charge is -2.16. The summed E-state index contributed by atoms with van der Waals surface area (Å²) in [4.78, 5) is 0. The molecule has 0 amide bonds. The Hall–Kier alpha value is -1.06. The molecule has 1 aromatic carbocycles. The highest BCUT2D eigenvalue weighted by Gasteiger charge is 2.13. The van der Waals surface area contributed by atoms with E-state index in [2.05, 4.69) is 12.1 Å². The molecule has 0 radical (unpaired) electrons. The zero-order valence-corrected chi connectivity index (χ0v) is 11.9. The van der Waals surface area contributed by atoms with Gasteiger partial charge in [0, 0.05) is 12.1 Å². The molecule has 1 aliphatic rings. The fourth-order valence-electron chi connectivity index (χ4n) is 2.70. The predicted octanol–water partition coefficient (Wildman–Crippen LogP) is 3.39. The monoisotopic (exact) mass is 263 g/mol. The third kappa shape index (κ3) is 4.22. The van der Waals surface area contributed by atoms with Crippen molar-refractivity contribution < 1.29 is 9.47 Å². The van der Waals surface area contributed by atoms with Gasteiger partial charge in [-0.25, -0.2) is 0 Å². The van der Waals surface area contributed by atoms with Gasteiger partial charge in [0.15, 0.2) is 0 Å². The van der Waals surface area contributed by atoms with Crippen LogP contribution in [0.3, 0.4) is 0 Å². The van der Waals surface area contributed by atoms with Crippen molar-refractivity contribution in [3.63, 3.8) is 0 Å². The van der Waals surface area contributed by atoms with Gasteiger partial charge in [0.05, 0.1) is 19.8 Å². The highest BCUT2D eigenvalue weighted by Crippen LogP contribution is 2.23. The third-order valence-corrected chi connectivity index (χ3v) is 3.85. The molecule has 3 heteroatoms. The molecule has 0 saturated heterocycles. The average molecular weight is 263 g/mol. The van der Waals surface area contributed by atoms with E-state index < -0.39 is 0 Å². The van der Waals surface area contributed by atoms with Crippen LogP contribution in [0.25, 0.3) is 0 Å². The topological polar surface area (TPSA) is 44.5 Å². The van der Waals surface area contributed by atoms with Gasteiger partial charge in [0.1, 0.15) is 5.75 Å². The van der Waals surface area contributed by atoms with Gasteiger partial charge in [-0.15, -0.1) is 0 Å². The summed E-state index contributed by atoms with van der Waals surface area (Å²) in [6, 6.07) is 6.14. The van der Waals surface area contributed by atoms with Crippen molar-refractivity contribution in [2.45, 2.75) is 57.8 Å². The molecule has 1 aliphatic carbocycles. The highest BCUT2D eigenvalue weighted by atomic mass is 16.5. The van der Waals surface area contributed by atoms with Crippen LogP contribution in [0.15, 0.2) is 18.2 Å². The van der Waals surface area contributed by atoms with E-state index in [1.54, 1.807) is 7.11 Å². The summed E-state index contributed by atoms with van der Waals surface area (Å²) in [7, 11) is 1.68. The van der Waals surface area contributed by atoms with Gasteiger partial charge < -0.3 is 15.2 Å². The van der Waals surface area contributed by atoms with E-state index in [9.17, 15) is 0 Å². The second-order valence-electron chi connectivity index (χ2n) is 5.27. The van der Waals surface area contributed by atoms with Gasteiger partial charge in [0.25, 0.3) is 0 Å². The second kappa shape index (κ2) is 7.51. The number of nitrogens with two attached hydrogens (primary N) is 1. The summed E-state index contributed by atoms with van der Waals surface area (Å²) < 4.78 is 11.3. The fourth-order valence-corrected chi connectivity index (χ4v) is 2.70. The maximum atomic E-state index is 6.04. The Kier molecular flexibility index (Phi) is 5.67. The number of benzene rings is 1. The van der Waals surface area contributed by atoms with Crippen LogP contribution in [-0.4, -0.2) is 13.2 Å². The first-order valence-corrected chi connectivity index (χ1v) is 7.31. The first-order chi connectivity index (χ1) is 9.33. The van der Waals surface area contributed by atoms with E-state index in [0.717, 1.165) is 11.3 Å². The number of methoxy groups -OCH3 is 1. The van der Waals surface area contributed by atoms with Crippen molar-refractivity contribution in [2.24, 2.45) is 5.73 Å². The lowest BCUT2D eigenvalue weighted by molar-refractivity contribution is 0.0309. The molecule has 2 N–H and O–H groups in total. The zero-order chi connectivity index (χ0) is 13.5. The Balaban J connectivity index is 1.91. The molecule has 0 spiro atoms. The van der Waals surface area contributed by atoms with Crippen molar-refractivity contribution in [3.05, 3.63) is 29.3 Å². The van der Waals surface area contributed by atoms with E-state index in [-0.39, 0.29) is 0 Å². The molecule has 106 valence electrons. The molecule has 1 saturated carbocycles. The first-order valence-electron chi connectivity index (χ1n) is 7.31. The molecule has 0 atom stereocenters. The smallest absolute Gasteiger partial charge is 0.123 e. The Bertz CT molecular complexity index is 384. The van der Waals surface area contributed by atoms with Crippen molar-refractivity contribution in [1.82, 2.24) is 0 Å². The fraction of sp³-hybridized carbons (Fsp3) is 0.625. The minimum absolute atomic E-state index is 0.436. The highest BCUT2D eigenvalue weighted by molar-refractivity contribution is 5.36. The van der Waals surface area contributed by atoms with Crippen molar-refractivity contribution in [1.29, 1.82) is 0 Å². The Morgan fingerprint density at radius 1 is 1.16 bits per heavy atom. The quantitative estimate of drug-likeness (QED) is 0.828. The van der Waals surface area contributed by atoms with E-state index >= 15 is 0 Å². The molecule has 0 aromatic heterocycles. The summed E-state index contributed by atoms with van der Waals surface area (Å²) in [5, 5.41) is 0. The van der Waals surface area contributed by atoms with Gasteiger partial charge in [-0.1, -0.05) is 31.7 Å². The van der Waals surface area contributed by atoms with Crippen LogP contribution in [0.2, 0.25) is 0 Å². The summed E-state index contributed by atoms with van der Waals surface area (Å²) in [5.41, 5.74) is 7.97. The van der Waals surface area contributed by atoms with Crippen LogP contribution in [0.5, 0.6) is 5.75 Å². The minimum Gasteiger partial charge on any atom is -0.496 e. The first kappa shape index (κ1) is 14.4. The number of rotatable bonds is 5. The van der Waals surface area contributed by atoms with Gasteiger partial charge in [-0.2, -0.15) is 0 Å². The summed E-state index contributed by atoms with van der Waals surface area (Å²) >= 11 is 0. The number of hydrogen-bond acceptors (Lipinski definition) is 3. The van der Waals surface area contributed by atoms with E-state index in [1.165, 1.54) is 44.1 Å². The molecule has 0 bridgehead atoms. The zero-order valence-electron chi connectivity index (χ0n) is 11.9. The van der Waals surface area contributed by atoms with Crippen LogP contribution in [0.1, 0.15) is 49.7 Å². The summed E-state index contributed by atoms with van der Waals surface area (Å²) in [6.07, 6.45) is 8.19. The van der Waals surface area contributed by atoms with Crippen molar-refractivity contribution in [3.8, 4) is 5.75 Å². The molecule has 19 heavy (non-hydrogen) atoms. The predicted molar refractivity (Wildman–Crippen MR) is 77.2 cm³/mol. The van der Waals surface area contributed by atoms with E-state index in [0.29, 0.717) is 19.3 Å². The lowest BCUT2D eigenvalue weighted by atomic mass is 10.1. The largest absolute Gasteiger partial charge is 0.496 e. The minimum atomic E-state index is 0.436. The Morgan fingerprint density at radius 3 is 2.53 bits per heavy atom. The van der Waals surface area contributed by atoms with Crippen LogP contribution in [-0.2, 0) is 17.9 Å². The molecular weight excluding hydrogens is 238 g/mol. The molecular formula is C16H25NO2. The van der Waals surface area contributed by atoms with Gasteiger partial charge in [-0.3, -0.25) is 0 Å². The number of ether oxygens (including phenoxy) is 2. The molecule has 0 aliphatic heterocycles. The molecule has 3 nitrogen and oxygen atoms in total. The average Bonchev–Trinajstić information content (AvgIpc) is 2.73. The SMILES string of the molecule is COc1ccc(COC2CCCCCC2)cc1CN.